The van der Waals surface area contributed by atoms with Crippen LogP contribution in [0.15, 0.2) is 58.2 Å². The van der Waals surface area contributed by atoms with Gasteiger partial charge < -0.3 is 25.1 Å². The molecule has 0 spiro atoms. The number of carbonyl (C=O) groups is 1. The van der Waals surface area contributed by atoms with Crippen LogP contribution in [-0.4, -0.2) is 40.3 Å². The van der Waals surface area contributed by atoms with Crippen molar-refractivity contribution in [3.8, 4) is 11.3 Å². The number of hydrogen-bond acceptors (Lipinski definition) is 9. The molecular formula is C24H24FN5O4S. The van der Waals surface area contributed by atoms with Crippen LogP contribution in [0.2, 0.25) is 0 Å². The predicted octanol–water partition coefficient (Wildman–Crippen LogP) is 5.15. The average molecular weight is 498 g/mol. The average Bonchev–Trinajstić information content (AvgIpc) is 3.48. The summed E-state index contributed by atoms with van der Waals surface area (Å²) in [6.45, 7) is 3.93. The predicted molar refractivity (Wildman–Crippen MR) is 132 cm³/mol. The van der Waals surface area contributed by atoms with Gasteiger partial charge in [-0.1, -0.05) is 47.6 Å². The number of hydrogen-bond donors (Lipinski definition) is 3. The summed E-state index contributed by atoms with van der Waals surface area (Å²) in [6, 6.07) is 12.8. The van der Waals surface area contributed by atoms with Crippen LogP contribution in [0.5, 0.6) is 0 Å². The summed E-state index contributed by atoms with van der Waals surface area (Å²) in [5.41, 5.74) is 2.80. The maximum atomic E-state index is 13.4. The molecule has 4 aromatic rings. The first-order chi connectivity index (χ1) is 16.9. The number of esters is 1. The standard InChI is InChI=1S/C24H24FN5O4S/c1-13(2)10-19(23(31)33-3)27-22(29-32)20-12-18(30-34-20)14-4-7-16(8-5-14)26-24-28-17-9-6-15(25)11-21(17)35-24/h4-9,11-13,19,32H,10H2,1-3H3,(H,26,28)(H,27,29)/t19-/m0/s1. The molecule has 2 aromatic carbocycles. The number of methoxy groups -OCH3 is 1. The lowest BCUT2D eigenvalue weighted by Gasteiger charge is -2.18. The fourth-order valence-corrected chi connectivity index (χ4v) is 4.38. The zero-order valence-corrected chi connectivity index (χ0v) is 20.1. The van der Waals surface area contributed by atoms with Gasteiger partial charge in [0.1, 0.15) is 17.6 Å². The molecule has 182 valence electrons. The number of oxime groups is 1. The van der Waals surface area contributed by atoms with Crippen LogP contribution in [-0.2, 0) is 9.53 Å². The highest BCUT2D eigenvalue weighted by atomic mass is 32.1. The highest BCUT2D eigenvalue weighted by molar-refractivity contribution is 7.22. The van der Waals surface area contributed by atoms with Gasteiger partial charge in [0.15, 0.2) is 5.13 Å². The zero-order valence-electron chi connectivity index (χ0n) is 19.3. The van der Waals surface area contributed by atoms with Gasteiger partial charge in [-0.05, 0) is 42.7 Å². The van der Waals surface area contributed by atoms with E-state index < -0.39 is 12.0 Å². The first kappa shape index (κ1) is 24.1. The van der Waals surface area contributed by atoms with Crippen LogP contribution in [0.3, 0.4) is 0 Å². The minimum Gasteiger partial charge on any atom is -0.467 e. The summed E-state index contributed by atoms with van der Waals surface area (Å²) in [7, 11) is 1.30. The van der Waals surface area contributed by atoms with Crippen molar-refractivity contribution in [2.45, 2.75) is 26.3 Å². The Hall–Kier alpha value is -3.99. The van der Waals surface area contributed by atoms with Crippen molar-refractivity contribution in [2.75, 3.05) is 12.4 Å². The number of nitrogens with one attached hydrogen (secondary N) is 2. The molecule has 9 nitrogen and oxygen atoms in total. The Labute approximate surface area is 204 Å². The number of rotatable bonds is 8. The quantitative estimate of drug-likeness (QED) is 0.100. The summed E-state index contributed by atoms with van der Waals surface area (Å²) in [4.78, 5) is 16.5. The molecular weight excluding hydrogens is 473 g/mol. The van der Waals surface area contributed by atoms with E-state index >= 15 is 0 Å². The Bertz CT molecular complexity index is 1350. The molecule has 0 aliphatic carbocycles. The van der Waals surface area contributed by atoms with Gasteiger partial charge in [-0.3, -0.25) is 0 Å². The second kappa shape index (κ2) is 10.5. The second-order valence-corrected chi connectivity index (χ2v) is 9.24. The highest BCUT2D eigenvalue weighted by Gasteiger charge is 2.24. The van der Waals surface area contributed by atoms with Crippen LogP contribution >= 0.6 is 11.3 Å². The number of halogens is 1. The van der Waals surface area contributed by atoms with Crippen LogP contribution in [0.25, 0.3) is 21.5 Å². The molecule has 0 saturated carbocycles. The van der Waals surface area contributed by atoms with Crippen molar-refractivity contribution >= 4 is 44.2 Å². The maximum absolute atomic E-state index is 13.4. The number of thiazole rings is 1. The number of fused-ring (bicyclic) bond motifs is 1. The summed E-state index contributed by atoms with van der Waals surface area (Å²) in [6.07, 6.45) is 0.477. The van der Waals surface area contributed by atoms with E-state index in [1.54, 1.807) is 12.1 Å². The van der Waals surface area contributed by atoms with Crippen molar-refractivity contribution in [3.63, 3.8) is 0 Å². The lowest BCUT2D eigenvalue weighted by atomic mass is 10.0. The number of nitrogens with zero attached hydrogens (tertiary/aromatic N) is 3. The van der Waals surface area contributed by atoms with E-state index in [0.717, 1.165) is 21.5 Å². The van der Waals surface area contributed by atoms with Crippen LogP contribution in [0.1, 0.15) is 26.0 Å². The molecule has 0 fully saturated rings. The SMILES string of the molecule is COC(=O)[C@H](CC(C)C)N/C(=N\O)c1cc(-c2ccc(Nc3nc4ccc(F)cc4s3)cc2)no1. The molecule has 2 heterocycles. The molecule has 0 aliphatic heterocycles. The number of benzene rings is 2. The van der Waals surface area contributed by atoms with Crippen molar-refractivity contribution in [3.05, 3.63) is 60.1 Å². The summed E-state index contributed by atoms with van der Waals surface area (Å²) < 4.78 is 24.4. The lowest BCUT2D eigenvalue weighted by molar-refractivity contribution is -0.143. The molecule has 35 heavy (non-hydrogen) atoms. The first-order valence-corrected chi connectivity index (χ1v) is 11.6. The molecule has 0 saturated heterocycles. The van der Waals surface area contributed by atoms with Gasteiger partial charge in [-0.15, -0.1) is 0 Å². The van der Waals surface area contributed by atoms with Crippen LogP contribution < -0.4 is 10.6 Å². The molecule has 0 unspecified atom stereocenters. The molecule has 3 N–H and O–H groups in total. The summed E-state index contributed by atoms with van der Waals surface area (Å²) >= 11 is 1.36. The largest absolute Gasteiger partial charge is 0.467 e. The molecule has 0 radical (unpaired) electrons. The van der Waals surface area contributed by atoms with E-state index in [1.165, 1.54) is 30.6 Å². The summed E-state index contributed by atoms with van der Waals surface area (Å²) in [5, 5.41) is 23.5. The molecule has 4 rings (SSSR count). The maximum Gasteiger partial charge on any atom is 0.328 e. The smallest absolute Gasteiger partial charge is 0.328 e. The van der Waals surface area contributed by atoms with Crippen molar-refractivity contribution in [2.24, 2.45) is 11.1 Å². The third-order valence-corrected chi connectivity index (χ3v) is 6.06. The van der Waals surface area contributed by atoms with Gasteiger partial charge in [0.2, 0.25) is 11.6 Å². The topological polar surface area (TPSA) is 122 Å². The molecule has 2 aromatic heterocycles. The first-order valence-electron chi connectivity index (χ1n) is 10.8. The minimum absolute atomic E-state index is 0.0228. The van der Waals surface area contributed by atoms with Gasteiger partial charge in [0.25, 0.3) is 0 Å². The Morgan fingerprint density at radius 1 is 1.23 bits per heavy atom. The second-order valence-electron chi connectivity index (χ2n) is 8.21. The third kappa shape index (κ3) is 5.75. The van der Waals surface area contributed by atoms with Crippen molar-refractivity contribution in [1.29, 1.82) is 0 Å². The molecule has 1 atom stereocenters. The third-order valence-electron chi connectivity index (χ3n) is 5.13. The Morgan fingerprint density at radius 3 is 2.69 bits per heavy atom. The number of carbonyl (C=O) groups excluding carboxylic acids is 1. The molecule has 0 aliphatic rings. The normalized spacial score (nSPS) is 12.7. The van der Waals surface area contributed by atoms with Crippen LogP contribution in [0.4, 0.5) is 15.2 Å². The fourth-order valence-electron chi connectivity index (χ4n) is 3.46. The zero-order chi connectivity index (χ0) is 24.9. The lowest BCUT2D eigenvalue weighted by Crippen LogP contribution is -2.42. The van der Waals surface area contributed by atoms with Gasteiger partial charge in [-0.25, -0.2) is 14.2 Å². The monoisotopic (exact) mass is 497 g/mol. The van der Waals surface area contributed by atoms with Crippen LogP contribution in [0, 0.1) is 11.7 Å². The van der Waals surface area contributed by atoms with E-state index in [-0.39, 0.29) is 23.3 Å². The molecule has 11 heteroatoms. The van der Waals surface area contributed by atoms with Gasteiger partial charge in [-0.2, -0.15) is 0 Å². The minimum atomic E-state index is -0.705. The number of aromatic nitrogens is 2. The van der Waals surface area contributed by atoms with Gasteiger partial charge in [0.05, 0.1) is 17.3 Å². The Balaban J connectivity index is 1.46. The number of anilines is 2. The van der Waals surface area contributed by atoms with E-state index in [1.807, 2.05) is 38.1 Å². The molecule has 0 bridgehead atoms. The van der Waals surface area contributed by atoms with Gasteiger partial charge >= 0.3 is 5.97 Å². The highest BCUT2D eigenvalue weighted by Crippen LogP contribution is 2.30. The Kier molecular flexibility index (Phi) is 7.25. The van der Waals surface area contributed by atoms with Crippen molar-refractivity contribution in [1.82, 2.24) is 15.5 Å². The molecule has 0 amide bonds. The van der Waals surface area contributed by atoms with E-state index in [9.17, 15) is 14.4 Å². The number of amidine groups is 1. The van der Waals surface area contributed by atoms with E-state index in [2.05, 4.69) is 25.9 Å². The van der Waals surface area contributed by atoms with E-state index in [4.69, 9.17) is 9.26 Å². The van der Waals surface area contributed by atoms with Gasteiger partial charge in [0, 0.05) is 17.3 Å². The fraction of sp³-hybridized carbons (Fsp3) is 0.250. The van der Waals surface area contributed by atoms with Crippen molar-refractivity contribution < 1.29 is 23.7 Å². The Morgan fingerprint density at radius 2 is 2.00 bits per heavy atom. The number of ether oxygens (including phenoxy) is 1. The summed E-state index contributed by atoms with van der Waals surface area (Å²) in [5.74, 6) is -0.419. The van der Waals surface area contributed by atoms with E-state index in [0.29, 0.717) is 17.2 Å².